The number of rotatable bonds is 6. The average molecular weight is 384 g/mol. The maximum atomic E-state index is 12.3. The van der Waals surface area contributed by atoms with Gasteiger partial charge in [-0.15, -0.1) is 0 Å². The van der Waals surface area contributed by atoms with E-state index < -0.39 is 30.8 Å². The molecule has 0 spiro atoms. The van der Waals surface area contributed by atoms with E-state index in [-0.39, 0.29) is 15.5 Å². The third-order valence-electron chi connectivity index (χ3n) is 3.50. The van der Waals surface area contributed by atoms with Crippen LogP contribution in [0.25, 0.3) is 0 Å². The standard InChI is InChI=1S/C15H16N2O6S2/c1-11(12-3-7-14(8-4-12)24(2,20)21)16-25(22,23)15-9-5-13(6-10-15)17(18)19/h3-11,16H,1-2H3. The Kier molecular flexibility index (Phi) is 5.26. The molecule has 0 saturated carbocycles. The summed E-state index contributed by atoms with van der Waals surface area (Å²) >= 11 is 0. The zero-order chi connectivity index (χ0) is 18.8. The molecule has 25 heavy (non-hydrogen) atoms. The molecule has 0 fully saturated rings. The molecule has 0 bridgehead atoms. The molecule has 1 atom stereocenters. The van der Waals surface area contributed by atoms with Gasteiger partial charge in [-0.2, -0.15) is 0 Å². The highest BCUT2D eigenvalue weighted by atomic mass is 32.2. The number of nitro groups is 1. The minimum Gasteiger partial charge on any atom is -0.258 e. The van der Waals surface area contributed by atoms with Crippen LogP contribution in [0.5, 0.6) is 0 Å². The van der Waals surface area contributed by atoms with Gasteiger partial charge in [-0.25, -0.2) is 21.6 Å². The molecular weight excluding hydrogens is 368 g/mol. The van der Waals surface area contributed by atoms with Gasteiger partial charge in [0.15, 0.2) is 9.84 Å². The fourth-order valence-electron chi connectivity index (χ4n) is 2.12. The van der Waals surface area contributed by atoms with E-state index in [0.29, 0.717) is 5.56 Å². The highest BCUT2D eigenvalue weighted by Gasteiger charge is 2.20. The van der Waals surface area contributed by atoms with Crippen molar-refractivity contribution in [3.8, 4) is 0 Å². The number of nitrogens with one attached hydrogen (secondary N) is 1. The second-order valence-corrected chi connectivity index (χ2v) is 9.16. The van der Waals surface area contributed by atoms with Crippen molar-refractivity contribution in [2.45, 2.75) is 22.8 Å². The zero-order valence-electron chi connectivity index (χ0n) is 13.4. The summed E-state index contributed by atoms with van der Waals surface area (Å²) in [5, 5.41) is 10.6. The van der Waals surface area contributed by atoms with Crippen molar-refractivity contribution in [3.63, 3.8) is 0 Å². The van der Waals surface area contributed by atoms with E-state index in [0.717, 1.165) is 30.5 Å². The van der Waals surface area contributed by atoms with Crippen molar-refractivity contribution < 1.29 is 21.8 Å². The Balaban J connectivity index is 2.20. The Hall–Kier alpha value is -2.30. The van der Waals surface area contributed by atoms with Gasteiger partial charge in [-0.05, 0) is 36.8 Å². The van der Waals surface area contributed by atoms with Gasteiger partial charge in [0.1, 0.15) is 0 Å². The van der Waals surface area contributed by atoms with Crippen LogP contribution in [0.2, 0.25) is 0 Å². The predicted molar refractivity (Wildman–Crippen MR) is 91.4 cm³/mol. The summed E-state index contributed by atoms with van der Waals surface area (Å²) in [7, 11) is -7.21. The van der Waals surface area contributed by atoms with Crippen LogP contribution in [0.4, 0.5) is 5.69 Å². The van der Waals surface area contributed by atoms with Gasteiger partial charge in [-0.1, -0.05) is 12.1 Å². The van der Waals surface area contributed by atoms with E-state index in [2.05, 4.69) is 4.72 Å². The van der Waals surface area contributed by atoms with Gasteiger partial charge in [0.2, 0.25) is 10.0 Å². The molecule has 0 aliphatic carbocycles. The summed E-state index contributed by atoms with van der Waals surface area (Å²) in [4.78, 5) is 10.0. The van der Waals surface area contributed by atoms with Gasteiger partial charge >= 0.3 is 0 Å². The minimum absolute atomic E-state index is 0.0993. The first-order valence-electron chi connectivity index (χ1n) is 7.07. The first-order chi connectivity index (χ1) is 11.5. The molecule has 0 aromatic heterocycles. The van der Waals surface area contributed by atoms with Crippen LogP contribution in [0, 0.1) is 10.1 Å². The molecule has 2 rings (SSSR count). The van der Waals surface area contributed by atoms with Crippen LogP contribution >= 0.6 is 0 Å². The normalized spacial score (nSPS) is 13.4. The van der Waals surface area contributed by atoms with E-state index >= 15 is 0 Å². The molecule has 0 aliphatic heterocycles. The lowest BCUT2D eigenvalue weighted by Gasteiger charge is -2.15. The lowest BCUT2D eigenvalue weighted by Crippen LogP contribution is -2.26. The summed E-state index contributed by atoms with van der Waals surface area (Å²) in [5.74, 6) is 0. The highest BCUT2D eigenvalue weighted by molar-refractivity contribution is 7.90. The first kappa shape index (κ1) is 19.0. The van der Waals surface area contributed by atoms with Crippen molar-refractivity contribution in [2.75, 3.05) is 6.26 Å². The van der Waals surface area contributed by atoms with Crippen molar-refractivity contribution >= 4 is 25.5 Å². The van der Waals surface area contributed by atoms with Gasteiger partial charge < -0.3 is 0 Å². The van der Waals surface area contributed by atoms with Crippen molar-refractivity contribution in [1.82, 2.24) is 4.72 Å². The molecule has 134 valence electrons. The lowest BCUT2D eigenvalue weighted by molar-refractivity contribution is -0.384. The Morgan fingerprint density at radius 1 is 0.920 bits per heavy atom. The molecule has 0 saturated heterocycles. The Labute approximate surface area is 145 Å². The summed E-state index contributed by atoms with van der Waals surface area (Å²) in [6, 6.07) is 9.77. The zero-order valence-corrected chi connectivity index (χ0v) is 15.0. The molecule has 0 heterocycles. The van der Waals surface area contributed by atoms with Crippen molar-refractivity contribution in [3.05, 3.63) is 64.2 Å². The van der Waals surface area contributed by atoms with Gasteiger partial charge in [0.25, 0.3) is 5.69 Å². The largest absolute Gasteiger partial charge is 0.269 e. The number of non-ortho nitro benzene ring substituents is 1. The monoisotopic (exact) mass is 384 g/mol. The van der Waals surface area contributed by atoms with Crippen LogP contribution < -0.4 is 4.72 Å². The Morgan fingerprint density at radius 2 is 1.40 bits per heavy atom. The van der Waals surface area contributed by atoms with E-state index in [9.17, 15) is 26.9 Å². The topological polar surface area (TPSA) is 123 Å². The molecule has 8 nitrogen and oxygen atoms in total. The number of sulfonamides is 1. The fourth-order valence-corrected chi connectivity index (χ4v) is 3.98. The number of nitro benzene ring substituents is 1. The average Bonchev–Trinajstić information content (AvgIpc) is 2.54. The number of hydrogen-bond donors (Lipinski definition) is 1. The number of hydrogen-bond acceptors (Lipinski definition) is 6. The Morgan fingerprint density at radius 3 is 1.84 bits per heavy atom. The van der Waals surface area contributed by atoms with E-state index in [1.165, 1.54) is 24.3 Å². The second-order valence-electron chi connectivity index (χ2n) is 5.44. The maximum Gasteiger partial charge on any atom is 0.269 e. The number of benzene rings is 2. The number of nitrogens with zero attached hydrogens (tertiary/aromatic N) is 1. The van der Waals surface area contributed by atoms with Crippen LogP contribution in [0.3, 0.4) is 0 Å². The van der Waals surface area contributed by atoms with Crippen LogP contribution in [-0.4, -0.2) is 28.0 Å². The third-order valence-corrected chi connectivity index (χ3v) is 6.18. The van der Waals surface area contributed by atoms with Gasteiger partial charge in [0.05, 0.1) is 14.7 Å². The molecular formula is C15H16N2O6S2. The number of sulfone groups is 1. The van der Waals surface area contributed by atoms with Crippen molar-refractivity contribution in [2.24, 2.45) is 0 Å². The molecule has 2 aromatic rings. The third kappa shape index (κ3) is 4.62. The maximum absolute atomic E-state index is 12.3. The quantitative estimate of drug-likeness (QED) is 0.600. The highest BCUT2D eigenvalue weighted by Crippen LogP contribution is 2.20. The summed E-state index contributed by atoms with van der Waals surface area (Å²) < 4.78 is 50.0. The first-order valence-corrected chi connectivity index (χ1v) is 10.4. The molecule has 1 unspecified atom stereocenters. The second kappa shape index (κ2) is 6.90. The van der Waals surface area contributed by atoms with E-state index in [1.807, 2.05) is 0 Å². The van der Waals surface area contributed by atoms with E-state index in [4.69, 9.17) is 0 Å². The smallest absolute Gasteiger partial charge is 0.258 e. The molecule has 10 heteroatoms. The fraction of sp³-hybridized carbons (Fsp3) is 0.200. The lowest BCUT2D eigenvalue weighted by atomic mass is 10.1. The van der Waals surface area contributed by atoms with Crippen LogP contribution in [0.1, 0.15) is 18.5 Å². The van der Waals surface area contributed by atoms with E-state index in [1.54, 1.807) is 6.92 Å². The predicted octanol–water partition coefficient (Wildman–Crippen LogP) is 2.04. The van der Waals surface area contributed by atoms with Crippen LogP contribution in [-0.2, 0) is 19.9 Å². The summed E-state index contributed by atoms with van der Waals surface area (Å²) in [6.45, 7) is 1.61. The minimum atomic E-state index is -3.88. The summed E-state index contributed by atoms with van der Waals surface area (Å²) in [6.07, 6.45) is 1.09. The molecule has 2 aromatic carbocycles. The van der Waals surface area contributed by atoms with Crippen LogP contribution in [0.15, 0.2) is 58.3 Å². The van der Waals surface area contributed by atoms with Gasteiger partial charge in [0, 0.05) is 24.4 Å². The Bertz CT molecular complexity index is 981. The molecule has 0 aliphatic rings. The van der Waals surface area contributed by atoms with Gasteiger partial charge in [-0.3, -0.25) is 10.1 Å². The molecule has 0 radical (unpaired) electrons. The summed E-state index contributed by atoms with van der Waals surface area (Å²) in [5.41, 5.74) is 0.376. The van der Waals surface area contributed by atoms with Crippen molar-refractivity contribution in [1.29, 1.82) is 0 Å². The molecule has 1 N–H and O–H groups in total. The SMILES string of the molecule is CC(NS(=O)(=O)c1ccc([N+](=O)[O-])cc1)c1ccc(S(C)(=O)=O)cc1. The molecule has 0 amide bonds.